The maximum atomic E-state index is 11.7. The first-order valence-electron chi connectivity index (χ1n) is 9.34. The highest BCUT2D eigenvalue weighted by molar-refractivity contribution is 5.85. The predicted octanol–water partition coefficient (Wildman–Crippen LogP) is 2.56. The maximum absolute atomic E-state index is 11.7. The summed E-state index contributed by atoms with van der Waals surface area (Å²) in [5.41, 5.74) is -0.508. The molecule has 0 spiro atoms. The summed E-state index contributed by atoms with van der Waals surface area (Å²) in [5, 5.41) is 30.0. The van der Waals surface area contributed by atoms with E-state index in [1.54, 1.807) is 0 Å². The van der Waals surface area contributed by atoms with Crippen molar-refractivity contribution in [3.05, 3.63) is 35.9 Å². The summed E-state index contributed by atoms with van der Waals surface area (Å²) in [6.07, 6.45) is 5.13. The average Bonchev–Trinajstić information content (AvgIpc) is 3.13. The van der Waals surface area contributed by atoms with Crippen LogP contribution in [0.5, 0.6) is 0 Å². The van der Waals surface area contributed by atoms with Gasteiger partial charge in [-0.05, 0) is 24.8 Å². The van der Waals surface area contributed by atoms with Crippen LogP contribution in [0.25, 0.3) is 0 Å². The summed E-state index contributed by atoms with van der Waals surface area (Å²) < 4.78 is 0. The van der Waals surface area contributed by atoms with Crippen LogP contribution in [-0.2, 0) is 5.60 Å². The zero-order valence-electron chi connectivity index (χ0n) is 15.7. The number of hydrogen-bond donors (Lipinski definition) is 3. The summed E-state index contributed by atoms with van der Waals surface area (Å²) in [6, 6.07) is 9.77. The molecule has 1 saturated carbocycles. The molecule has 1 unspecified atom stereocenters. The highest BCUT2D eigenvalue weighted by Crippen LogP contribution is 2.53. The van der Waals surface area contributed by atoms with Crippen molar-refractivity contribution in [3.8, 4) is 11.8 Å². The molecule has 1 atom stereocenters. The number of nitrogens with zero attached hydrogens (tertiary/aromatic N) is 1. The van der Waals surface area contributed by atoms with Gasteiger partial charge in [-0.2, -0.15) is 0 Å². The molecule has 0 heterocycles. The van der Waals surface area contributed by atoms with Crippen LogP contribution in [-0.4, -0.2) is 53.1 Å². The molecular weight excluding hydrogens is 350 g/mol. The van der Waals surface area contributed by atoms with Gasteiger partial charge in [0.2, 0.25) is 0 Å². The second-order valence-corrected chi connectivity index (χ2v) is 6.94. The highest BCUT2D eigenvalue weighted by Gasteiger charge is 2.50. The Hall–Kier alpha value is -1.09. The Morgan fingerprint density at radius 1 is 1.08 bits per heavy atom. The first-order chi connectivity index (χ1) is 12.1. The zero-order chi connectivity index (χ0) is 18.2. The quantitative estimate of drug-likeness (QED) is 0.605. The summed E-state index contributed by atoms with van der Waals surface area (Å²) in [4.78, 5) is 1.89. The van der Waals surface area contributed by atoms with Crippen LogP contribution in [0.15, 0.2) is 30.3 Å². The molecule has 1 fully saturated rings. The molecule has 0 aromatic heterocycles. The molecule has 3 N–H and O–H groups in total. The van der Waals surface area contributed by atoms with Gasteiger partial charge in [-0.3, -0.25) is 4.90 Å². The van der Waals surface area contributed by atoms with Crippen LogP contribution in [0.1, 0.15) is 44.6 Å². The SMILES string of the molecule is CCC1(C(O)(C#CCN(CCO)CCO)c2ccccc2)CCCC1.Cl. The van der Waals surface area contributed by atoms with Crippen LogP contribution >= 0.6 is 12.4 Å². The molecule has 0 aliphatic heterocycles. The maximum Gasteiger partial charge on any atom is 0.156 e. The average molecular weight is 382 g/mol. The predicted molar refractivity (Wildman–Crippen MR) is 107 cm³/mol. The Morgan fingerprint density at radius 3 is 2.15 bits per heavy atom. The monoisotopic (exact) mass is 381 g/mol. The van der Waals surface area contributed by atoms with Crippen molar-refractivity contribution in [3.63, 3.8) is 0 Å². The number of halogens is 1. The second-order valence-electron chi connectivity index (χ2n) is 6.94. The number of rotatable bonds is 8. The van der Waals surface area contributed by atoms with Crippen molar-refractivity contribution in [2.24, 2.45) is 5.41 Å². The fourth-order valence-corrected chi connectivity index (χ4v) is 4.05. The summed E-state index contributed by atoms with van der Waals surface area (Å²) in [5.74, 6) is 6.33. The Balaban J connectivity index is 0.00000338. The third kappa shape index (κ3) is 5.00. The van der Waals surface area contributed by atoms with E-state index in [1.165, 1.54) is 0 Å². The lowest BCUT2D eigenvalue weighted by Crippen LogP contribution is -2.43. The minimum absolute atomic E-state index is 0. The number of aliphatic hydroxyl groups excluding tert-OH is 2. The fraction of sp³-hybridized carbons (Fsp3) is 0.619. The van der Waals surface area contributed by atoms with Gasteiger partial charge in [0.15, 0.2) is 5.60 Å². The molecule has 26 heavy (non-hydrogen) atoms. The summed E-state index contributed by atoms with van der Waals surface area (Å²) in [7, 11) is 0. The van der Waals surface area contributed by atoms with Crippen LogP contribution in [0, 0.1) is 17.3 Å². The second kappa shape index (κ2) is 10.9. The van der Waals surface area contributed by atoms with Gasteiger partial charge >= 0.3 is 0 Å². The van der Waals surface area contributed by atoms with Gasteiger partial charge in [0.05, 0.1) is 19.8 Å². The number of aliphatic hydroxyl groups is 3. The van der Waals surface area contributed by atoms with Crippen LogP contribution < -0.4 is 0 Å². The van der Waals surface area contributed by atoms with E-state index in [0.29, 0.717) is 19.6 Å². The van der Waals surface area contributed by atoms with E-state index in [1.807, 2.05) is 35.2 Å². The molecular formula is C21H32ClNO3. The molecule has 1 aromatic rings. The number of hydrogen-bond acceptors (Lipinski definition) is 4. The Labute approximate surface area is 163 Å². The van der Waals surface area contributed by atoms with Gasteiger partial charge in [0, 0.05) is 18.5 Å². The minimum Gasteiger partial charge on any atom is -0.395 e. The van der Waals surface area contributed by atoms with Crippen molar-refractivity contribution in [2.45, 2.75) is 44.6 Å². The molecule has 1 aromatic carbocycles. The molecule has 0 radical (unpaired) electrons. The highest BCUT2D eigenvalue weighted by atomic mass is 35.5. The first-order valence-corrected chi connectivity index (χ1v) is 9.34. The number of benzene rings is 1. The Morgan fingerprint density at radius 2 is 1.65 bits per heavy atom. The molecule has 0 amide bonds. The van der Waals surface area contributed by atoms with Crippen molar-refractivity contribution in [2.75, 3.05) is 32.8 Å². The lowest BCUT2D eigenvalue weighted by molar-refractivity contribution is -0.0422. The van der Waals surface area contributed by atoms with Crippen molar-refractivity contribution in [1.82, 2.24) is 4.90 Å². The van der Waals surface area contributed by atoms with Crippen molar-refractivity contribution < 1.29 is 15.3 Å². The molecule has 0 saturated heterocycles. The van der Waals surface area contributed by atoms with E-state index in [0.717, 1.165) is 37.7 Å². The first kappa shape index (κ1) is 23.0. The van der Waals surface area contributed by atoms with E-state index in [-0.39, 0.29) is 31.0 Å². The normalized spacial score (nSPS) is 17.9. The minimum atomic E-state index is -1.16. The Kier molecular flexibility index (Phi) is 9.63. The van der Waals surface area contributed by atoms with E-state index in [4.69, 9.17) is 10.2 Å². The van der Waals surface area contributed by atoms with Gasteiger partial charge in [0.25, 0.3) is 0 Å². The molecule has 1 aliphatic carbocycles. The summed E-state index contributed by atoms with van der Waals surface area (Å²) >= 11 is 0. The van der Waals surface area contributed by atoms with Crippen LogP contribution in [0.2, 0.25) is 0 Å². The fourth-order valence-electron chi connectivity index (χ4n) is 4.05. The molecule has 0 bridgehead atoms. The van der Waals surface area contributed by atoms with Crippen LogP contribution in [0.3, 0.4) is 0 Å². The van der Waals surface area contributed by atoms with Crippen molar-refractivity contribution in [1.29, 1.82) is 0 Å². The smallest absolute Gasteiger partial charge is 0.156 e. The van der Waals surface area contributed by atoms with Crippen LogP contribution in [0.4, 0.5) is 0 Å². The third-order valence-corrected chi connectivity index (χ3v) is 5.60. The van der Waals surface area contributed by atoms with E-state index < -0.39 is 5.60 Å². The molecule has 4 nitrogen and oxygen atoms in total. The van der Waals surface area contributed by atoms with Gasteiger partial charge in [-0.1, -0.05) is 61.9 Å². The van der Waals surface area contributed by atoms with Crippen molar-refractivity contribution >= 4 is 12.4 Å². The van der Waals surface area contributed by atoms with Gasteiger partial charge in [-0.25, -0.2) is 0 Å². The third-order valence-electron chi connectivity index (χ3n) is 5.60. The largest absolute Gasteiger partial charge is 0.395 e. The molecule has 2 rings (SSSR count). The van der Waals surface area contributed by atoms with E-state index >= 15 is 0 Å². The lowest BCUT2D eigenvalue weighted by Gasteiger charge is -2.42. The standard InChI is InChI=1S/C21H31NO3.ClH/c1-2-20(11-6-7-12-20)21(25,19-9-4-3-5-10-19)13-8-14-22(15-17-23)16-18-24;/h3-5,9-10,23-25H,2,6-7,11-12,14-18H2,1H3;1H. The lowest BCUT2D eigenvalue weighted by atomic mass is 9.65. The van der Waals surface area contributed by atoms with Gasteiger partial charge < -0.3 is 15.3 Å². The topological polar surface area (TPSA) is 63.9 Å². The molecule has 1 aliphatic rings. The summed E-state index contributed by atoms with van der Waals surface area (Å²) in [6.45, 7) is 3.57. The Bertz CT molecular complexity index is 572. The zero-order valence-corrected chi connectivity index (χ0v) is 16.5. The van der Waals surface area contributed by atoms with E-state index in [2.05, 4.69) is 18.8 Å². The molecule has 5 heteroatoms. The van der Waals surface area contributed by atoms with Gasteiger partial charge in [0.1, 0.15) is 0 Å². The van der Waals surface area contributed by atoms with E-state index in [9.17, 15) is 5.11 Å². The molecule has 146 valence electrons. The van der Waals surface area contributed by atoms with Gasteiger partial charge in [-0.15, -0.1) is 12.4 Å².